The fourth-order valence-electron chi connectivity index (χ4n) is 2.37. The zero-order valence-corrected chi connectivity index (χ0v) is 15.7. The van der Waals surface area contributed by atoms with E-state index in [4.69, 9.17) is 4.74 Å². The lowest BCUT2D eigenvalue weighted by Gasteiger charge is -2.26. The molecule has 0 aliphatic carbocycles. The summed E-state index contributed by atoms with van der Waals surface area (Å²) in [6, 6.07) is 7.13. The van der Waals surface area contributed by atoms with Gasteiger partial charge in [0.1, 0.15) is 12.6 Å². The van der Waals surface area contributed by atoms with Crippen LogP contribution < -0.4 is 15.7 Å². The van der Waals surface area contributed by atoms with Crippen LogP contribution in [0.3, 0.4) is 0 Å². The Morgan fingerprint density at radius 1 is 1.04 bits per heavy atom. The number of ether oxygens (including phenoxy) is 1. The van der Waals surface area contributed by atoms with E-state index in [1.807, 2.05) is 44.2 Å². The molecule has 26 heavy (non-hydrogen) atoms. The molecular weight excluding hydrogens is 336 g/mol. The van der Waals surface area contributed by atoms with Gasteiger partial charge in [0.25, 0.3) is 0 Å². The van der Waals surface area contributed by atoms with Crippen LogP contribution in [0.4, 0.5) is 4.79 Å². The number of rotatable bonds is 9. The molecule has 0 radical (unpaired) electrons. The third kappa shape index (κ3) is 7.55. The number of hydrogen-bond donors (Lipinski definition) is 2. The molecule has 0 saturated heterocycles. The number of carbonyl (C=O) groups excluding carboxylic acids is 3. The molecule has 2 N–H and O–H groups in total. The van der Waals surface area contributed by atoms with Crippen LogP contribution >= 0.6 is 0 Å². The molecule has 0 spiro atoms. The Labute approximate surface area is 154 Å². The minimum Gasteiger partial charge on any atom is -0.548 e. The molecule has 0 unspecified atom stereocenters. The normalized spacial score (nSPS) is 13.2. The van der Waals surface area contributed by atoms with E-state index in [0.29, 0.717) is 0 Å². The highest BCUT2D eigenvalue weighted by Gasteiger charge is 2.27. The van der Waals surface area contributed by atoms with E-state index in [1.54, 1.807) is 13.8 Å². The molecule has 0 saturated carbocycles. The summed E-state index contributed by atoms with van der Waals surface area (Å²) in [5, 5.41) is 16.1. The van der Waals surface area contributed by atoms with Crippen LogP contribution in [0, 0.1) is 11.8 Å². The number of aliphatic carboxylic acids is 1. The molecular formula is C19H27N2O5-. The number of carbonyl (C=O) groups is 3. The molecule has 0 heterocycles. The van der Waals surface area contributed by atoms with E-state index in [1.165, 1.54) is 0 Å². The summed E-state index contributed by atoms with van der Waals surface area (Å²) in [5.41, 5.74) is 0.821. The van der Waals surface area contributed by atoms with Crippen molar-refractivity contribution in [2.24, 2.45) is 11.8 Å². The number of alkyl carbamates (subject to hydrolysis) is 1. The second-order valence-corrected chi connectivity index (χ2v) is 6.94. The molecule has 0 aliphatic rings. The highest BCUT2D eigenvalue weighted by molar-refractivity contribution is 5.89. The molecule has 2 atom stereocenters. The Kier molecular flexibility index (Phi) is 8.61. The molecule has 0 fully saturated rings. The van der Waals surface area contributed by atoms with Gasteiger partial charge in [-0.3, -0.25) is 4.79 Å². The van der Waals surface area contributed by atoms with Crippen LogP contribution in [0.2, 0.25) is 0 Å². The molecule has 144 valence electrons. The monoisotopic (exact) mass is 363 g/mol. The molecule has 1 rings (SSSR count). The maximum atomic E-state index is 12.4. The van der Waals surface area contributed by atoms with E-state index in [9.17, 15) is 19.5 Å². The minimum atomic E-state index is -1.35. The predicted octanol–water partition coefficient (Wildman–Crippen LogP) is 1.22. The lowest BCUT2D eigenvalue weighted by Crippen LogP contribution is -2.56. The first-order valence-corrected chi connectivity index (χ1v) is 8.69. The summed E-state index contributed by atoms with van der Waals surface area (Å²) in [7, 11) is 0. The number of hydrogen-bond acceptors (Lipinski definition) is 5. The van der Waals surface area contributed by atoms with Crippen molar-refractivity contribution in [3.8, 4) is 0 Å². The molecule has 7 nitrogen and oxygen atoms in total. The van der Waals surface area contributed by atoms with Crippen LogP contribution in [-0.2, 0) is 20.9 Å². The van der Waals surface area contributed by atoms with Crippen molar-refractivity contribution in [3.63, 3.8) is 0 Å². The van der Waals surface area contributed by atoms with Crippen molar-refractivity contribution in [3.05, 3.63) is 35.9 Å². The lowest BCUT2D eigenvalue weighted by atomic mass is 10.0. The van der Waals surface area contributed by atoms with Gasteiger partial charge in [0.15, 0.2) is 0 Å². The van der Waals surface area contributed by atoms with Gasteiger partial charge in [0.2, 0.25) is 5.91 Å². The van der Waals surface area contributed by atoms with Crippen LogP contribution in [-0.4, -0.2) is 30.1 Å². The first-order chi connectivity index (χ1) is 12.2. The van der Waals surface area contributed by atoms with Crippen LogP contribution in [0.25, 0.3) is 0 Å². The third-order valence-corrected chi connectivity index (χ3v) is 3.74. The van der Waals surface area contributed by atoms with Crippen molar-refractivity contribution in [2.45, 2.75) is 52.8 Å². The average molecular weight is 363 g/mol. The van der Waals surface area contributed by atoms with Gasteiger partial charge in [-0.1, -0.05) is 58.0 Å². The first-order valence-electron chi connectivity index (χ1n) is 8.69. The number of benzene rings is 1. The van der Waals surface area contributed by atoms with Crippen molar-refractivity contribution >= 4 is 18.0 Å². The molecule has 1 aromatic carbocycles. The van der Waals surface area contributed by atoms with E-state index < -0.39 is 30.1 Å². The first kappa shape index (κ1) is 21.5. The molecule has 1 aromatic rings. The lowest BCUT2D eigenvalue weighted by molar-refractivity contribution is -0.308. The summed E-state index contributed by atoms with van der Waals surface area (Å²) < 4.78 is 5.12. The summed E-state index contributed by atoms with van der Waals surface area (Å²) in [6.45, 7) is 7.27. The van der Waals surface area contributed by atoms with Gasteiger partial charge >= 0.3 is 6.09 Å². The van der Waals surface area contributed by atoms with E-state index >= 15 is 0 Å². The zero-order valence-electron chi connectivity index (χ0n) is 15.7. The van der Waals surface area contributed by atoms with E-state index in [2.05, 4.69) is 10.6 Å². The van der Waals surface area contributed by atoms with Crippen LogP contribution in [0.5, 0.6) is 0 Å². The van der Waals surface area contributed by atoms with E-state index in [-0.39, 0.29) is 24.9 Å². The van der Waals surface area contributed by atoms with Crippen molar-refractivity contribution < 1.29 is 24.2 Å². The maximum Gasteiger partial charge on any atom is 0.408 e. The van der Waals surface area contributed by atoms with Crippen molar-refractivity contribution in [1.82, 2.24) is 10.6 Å². The van der Waals surface area contributed by atoms with E-state index in [0.717, 1.165) is 5.56 Å². The van der Waals surface area contributed by atoms with Crippen LogP contribution in [0.1, 0.15) is 39.7 Å². The number of amides is 2. The quantitative estimate of drug-likeness (QED) is 0.686. The van der Waals surface area contributed by atoms with Gasteiger partial charge in [0.05, 0.1) is 12.0 Å². The number of carboxylic acids is 1. The molecule has 0 aromatic heterocycles. The summed E-state index contributed by atoms with van der Waals surface area (Å²) >= 11 is 0. The Hall–Kier alpha value is -2.57. The Bertz CT molecular complexity index is 601. The average Bonchev–Trinajstić information content (AvgIpc) is 2.57. The Morgan fingerprint density at radius 3 is 2.15 bits per heavy atom. The van der Waals surface area contributed by atoms with Crippen LogP contribution in [0.15, 0.2) is 30.3 Å². The fraction of sp³-hybridized carbons (Fsp3) is 0.526. The maximum absolute atomic E-state index is 12.4. The standard InChI is InChI=1S/C19H28N2O5/c1-12(2)10-15(18(23)24)20-17(22)16(13(3)4)21-19(25)26-11-14-8-6-5-7-9-14/h5-9,12-13,15-16H,10-11H2,1-4H3,(H,20,22)(H,21,25)(H,23,24)/p-1/t15-,16+/m0/s1. The third-order valence-electron chi connectivity index (χ3n) is 3.74. The molecule has 0 aliphatic heterocycles. The second-order valence-electron chi connectivity index (χ2n) is 6.94. The van der Waals surface area contributed by atoms with Gasteiger partial charge in [-0.05, 0) is 23.8 Å². The largest absolute Gasteiger partial charge is 0.548 e. The number of nitrogens with one attached hydrogen (secondary N) is 2. The Morgan fingerprint density at radius 2 is 1.65 bits per heavy atom. The smallest absolute Gasteiger partial charge is 0.408 e. The minimum absolute atomic E-state index is 0.0690. The van der Waals surface area contributed by atoms with Crippen molar-refractivity contribution in [1.29, 1.82) is 0 Å². The van der Waals surface area contributed by atoms with Gasteiger partial charge in [-0.25, -0.2) is 4.79 Å². The summed E-state index contributed by atoms with van der Waals surface area (Å²) in [5.74, 6) is -2.10. The van der Waals surface area contributed by atoms with Crippen molar-refractivity contribution in [2.75, 3.05) is 0 Å². The molecule has 7 heteroatoms. The second kappa shape index (κ2) is 10.4. The van der Waals surface area contributed by atoms with Gasteiger partial charge in [-0.2, -0.15) is 0 Å². The molecule has 0 bridgehead atoms. The SMILES string of the molecule is CC(C)C[C@H](NC(=O)[C@H](NC(=O)OCc1ccccc1)C(C)C)C(=O)[O-]. The topological polar surface area (TPSA) is 108 Å². The van der Waals surface area contributed by atoms with Gasteiger partial charge in [0, 0.05) is 0 Å². The highest BCUT2D eigenvalue weighted by Crippen LogP contribution is 2.08. The highest BCUT2D eigenvalue weighted by atomic mass is 16.5. The van der Waals surface area contributed by atoms with Gasteiger partial charge in [-0.15, -0.1) is 0 Å². The predicted molar refractivity (Wildman–Crippen MR) is 94.8 cm³/mol. The molecule has 2 amide bonds. The van der Waals surface area contributed by atoms with Gasteiger partial charge < -0.3 is 25.3 Å². The number of carboxylic acid groups (broad SMARTS) is 1. The summed E-state index contributed by atoms with van der Waals surface area (Å²) in [4.78, 5) is 35.6. The fourth-order valence-corrected chi connectivity index (χ4v) is 2.37. The Balaban J connectivity index is 2.64. The zero-order chi connectivity index (χ0) is 19.7. The summed E-state index contributed by atoms with van der Waals surface area (Å²) in [6.07, 6.45) is -0.492.